The van der Waals surface area contributed by atoms with Crippen molar-refractivity contribution < 1.29 is 19.1 Å². The highest BCUT2D eigenvalue weighted by Crippen LogP contribution is 2.16. The molecule has 0 fully saturated rings. The summed E-state index contributed by atoms with van der Waals surface area (Å²) in [6.45, 7) is 1.72. The van der Waals surface area contributed by atoms with Gasteiger partial charge < -0.3 is 10.4 Å². The number of hydrogen-bond acceptors (Lipinski definition) is 2. The molecule has 2 aromatic rings. The Morgan fingerprint density at radius 1 is 1.14 bits per heavy atom. The largest absolute Gasteiger partial charge is 0.479 e. The first kappa shape index (κ1) is 14.7. The van der Waals surface area contributed by atoms with Gasteiger partial charge in [-0.05, 0) is 24.6 Å². The number of aliphatic carboxylic acids is 1. The lowest BCUT2D eigenvalue weighted by Crippen LogP contribution is -2.34. The van der Waals surface area contributed by atoms with Crippen molar-refractivity contribution in [1.82, 2.24) is 5.32 Å². The molecule has 0 unspecified atom stereocenters. The minimum atomic E-state index is -1.22. The van der Waals surface area contributed by atoms with Crippen molar-refractivity contribution in [3.8, 4) is 0 Å². The van der Waals surface area contributed by atoms with Crippen molar-refractivity contribution in [3.63, 3.8) is 0 Å². The minimum Gasteiger partial charge on any atom is -0.479 e. The van der Waals surface area contributed by atoms with Crippen LogP contribution in [0.1, 0.15) is 27.5 Å². The van der Waals surface area contributed by atoms with E-state index in [4.69, 9.17) is 0 Å². The van der Waals surface area contributed by atoms with Gasteiger partial charge in [-0.3, -0.25) is 4.79 Å². The van der Waals surface area contributed by atoms with Crippen molar-refractivity contribution in [3.05, 3.63) is 71.0 Å². The monoisotopic (exact) mass is 287 g/mol. The summed E-state index contributed by atoms with van der Waals surface area (Å²) in [7, 11) is 0. The molecule has 0 aliphatic heterocycles. The first-order chi connectivity index (χ1) is 9.99. The second-order valence-corrected chi connectivity index (χ2v) is 4.64. The van der Waals surface area contributed by atoms with Crippen molar-refractivity contribution >= 4 is 11.9 Å². The molecule has 5 heteroatoms. The quantitative estimate of drug-likeness (QED) is 0.908. The first-order valence-corrected chi connectivity index (χ1v) is 6.34. The molecule has 0 aliphatic carbocycles. The molecule has 0 saturated heterocycles. The number of carboxylic acid groups (broad SMARTS) is 1. The third kappa shape index (κ3) is 3.45. The van der Waals surface area contributed by atoms with Gasteiger partial charge in [0.05, 0.1) is 5.56 Å². The highest BCUT2D eigenvalue weighted by Gasteiger charge is 2.23. The normalized spacial score (nSPS) is 11.7. The number of carbonyl (C=O) groups is 2. The van der Waals surface area contributed by atoms with Gasteiger partial charge in [-0.1, -0.05) is 42.0 Å². The molecule has 108 valence electrons. The SMILES string of the molecule is Cc1ccc(F)c(C(=O)N[C@H](C(=O)O)c2ccccc2)c1. The van der Waals surface area contributed by atoms with Crippen LogP contribution in [0.5, 0.6) is 0 Å². The number of carbonyl (C=O) groups excluding carboxylic acids is 1. The summed E-state index contributed by atoms with van der Waals surface area (Å²) in [5.41, 5.74) is 0.969. The highest BCUT2D eigenvalue weighted by molar-refractivity contribution is 5.97. The Hall–Kier alpha value is -2.69. The maximum atomic E-state index is 13.7. The fraction of sp³-hybridized carbons (Fsp3) is 0.125. The fourth-order valence-electron chi connectivity index (χ4n) is 1.96. The fourth-order valence-corrected chi connectivity index (χ4v) is 1.96. The molecule has 0 heterocycles. The van der Waals surface area contributed by atoms with E-state index in [0.29, 0.717) is 11.1 Å². The molecule has 21 heavy (non-hydrogen) atoms. The third-order valence-electron chi connectivity index (χ3n) is 3.02. The van der Waals surface area contributed by atoms with Crippen molar-refractivity contribution in [2.45, 2.75) is 13.0 Å². The Labute approximate surface area is 121 Å². The molecule has 1 atom stereocenters. The lowest BCUT2D eigenvalue weighted by molar-refractivity contribution is -0.139. The zero-order chi connectivity index (χ0) is 15.4. The third-order valence-corrected chi connectivity index (χ3v) is 3.02. The van der Waals surface area contributed by atoms with Gasteiger partial charge in [-0.25, -0.2) is 9.18 Å². The summed E-state index contributed by atoms with van der Waals surface area (Å²) >= 11 is 0. The molecule has 0 aliphatic rings. The maximum Gasteiger partial charge on any atom is 0.330 e. The van der Waals surface area contributed by atoms with E-state index in [2.05, 4.69) is 5.32 Å². The lowest BCUT2D eigenvalue weighted by Gasteiger charge is -2.15. The number of aryl methyl sites for hydroxylation is 1. The van der Waals surface area contributed by atoms with E-state index in [1.54, 1.807) is 37.3 Å². The number of halogens is 1. The lowest BCUT2D eigenvalue weighted by atomic mass is 10.1. The molecule has 2 N–H and O–H groups in total. The zero-order valence-corrected chi connectivity index (χ0v) is 11.3. The molecule has 0 spiro atoms. The smallest absolute Gasteiger partial charge is 0.330 e. The van der Waals surface area contributed by atoms with Crippen LogP contribution < -0.4 is 5.32 Å². The average Bonchev–Trinajstić information content (AvgIpc) is 2.47. The van der Waals surface area contributed by atoms with Gasteiger partial charge in [-0.15, -0.1) is 0 Å². The summed E-state index contributed by atoms with van der Waals surface area (Å²) in [6, 6.07) is 11.1. The summed E-state index contributed by atoms with van der Waals surface area (Å²) in [6.07, 6.45) is 0. The number of benzene rings is 2. The van der Waals surface area contributed by atoms with E-state index < -0.39 is 23.7 Å². The molecular formula is C16H14FNO3. The van der Waals surface area contributed by atoms with Gasteiger partial charge in [0.1, 0.15) is 5.82 Å². The second-order valence-electron chi connectivity index (χ2n) is 4.64. The van der Waals surface area contributed by atoms with Crippen molar-refractivity contribution in [2.75, 3.05) is 0 Å². The first-order valence-electron chi connectivity index (χ1n) is 6.34. The van der Waals surface area contributed by atoms with E-state index in [-0.39, 0.29) is 5.56 Å². The maximum absolute atomic E-state index is 13.7. The van der Waals surface area contributed by atoms with E-state index in [9.17, 15) is 19.1 Å². The van der Waals surface area contributed by atoms with Gasteiger partial charge in [0.2, 0.25) is 0 Å². The standard InChI is InChI=1S/C16H14FNO3/c1-10-7-8-13(17)12(9-10)15(19)18-14(16(20)21)11-5-3-2-4-6-11/h2-9,14H,1H3,(H,18,19)(H,20,21)/t14-/m0/s1. The molecule has 0 radical (unpaired) electrons. The minimum absolute atomic E-state index is 0.169. The van der Waals surface area contributed by atoms with Crippen LogP contribution in [0, 0.1) is 12.7 Å². The number of hydrogen-bond donors (Lipinski definition) is 2. The Morgan fingerprint density at radius 3 is 2.43 bits per heavy atom. The Balaban J connectivity index is 2.27. The van der Waals surface area contributed by atoms with Crippen LogP contribution in [-0.2, 0) is 4.79 Å². The van der Waals surface area contributed by atoms with Gasteiger partial charge in [-0.2, -0.15) is 0 Å². The van der Waals surface area contributed by atoms with E-state index >= 15 is 0 Å². The molecule has 0 saturated carbocycles. The van der Waals surface area contributed by atoms with Crippen LogP contribution in [0.3, 0.4) is 0 Å². The Morgan fingerprint density at radius 2 is 1.81 bits per heavy atom. The molecule has 2 aromatic carbocycles. The van der Waals surface area contributed by atoms with E-state index in [0.717, 1.165) is 0 Å². The van der Waals surface area contributed by atoms with Gasteiger partial charge >= 0.3 is 5.97 Å². The predicted octanol–water partition coefficient (Wildman–Crippen LogP) is 2.69. The van der Waals surface area contributed by atoms with Gasteiger partial charge in [0.25, 0.3) is 5.91 Å². The molecule has 1 amide bonds. The summed E-state index contributed by atoms with van der Waals surface area (Å²) in [5, 5.41) is 11.6. The highest BCUT2D eigenvalue weighted by atomic mass is 19.1. The van der Waals surface area contributed by atoms with E-state index in [1.807, 2.05) is 0 Å². The summed E-state index contributed by atoms with van der Waals surface area (Å²) in [4.78, 5) is 23.4. The molecule has 4 nitrogen and oxygen atoms in total. The molecule has 0 aromatic heterocycles. The Kier molecular flexibility index (Phi) is 4.33. The van der Waals surface area contributed by atoms with Crippen LogP contribution in [-0.4, -0.2) is 17.0 Å². The van der Waals surface area contributed by atoms with Crippen LogP contribution in [0.4, 0.5) is 4.39 Å². The second kappa shape index (κ2) is 6.17. The van der Waals surface area contributed by atoms with Crippen LogP contribution in [0.25, 0.3) is 0 Å². The molecule has 2 rings (SSSR count). The van der Waals surface area contributed by atoms with Crippen LogP contribution in [0.15, 0.2) is 48.5 Å². The molecule has 0 bridgehead atoms. The zero-order valence-electron chi connectivity index (χ0n) is 11.3. The number of rotatable bonds is 4. The predicted molar refractivity (Wildman–Crippen MR) is 75.4 cm³/mol. The van der Waals surface area contributed by atoms with Crippen molar-refractivity contribution in [1.29, 1.82) is 0 Å². The number of amides is 1. The number of nitrogens with one attached hydrogen (secondary N) is 1. The Bertz CT molecular complexity index is 670. The van der Waals surface area contributed by atoms with Crippen LogP contribution >= 0.6 is 0 Å². The van der Waals surface area contributed by atoms with Crippen LogP contribution in [0.2, 0.25) is 0 Å². The average molecular weight is 287 g/mol. The summed E-state index contributed by atoms with van der Waals surface area (Å²) in [5.74, 6) is -2.65. The van der Waals surface area contributed by atoms with Gasteiger partial charge in [0, 0.05) is 0 Å². The van der Waals surface area contributed by atoms with E-state index in [1.165, 1.54) is 18.2 Å². The molecular weight excluding hydrogens is 273 g/mol. The number of carboxylic acids is 1. The summed E-state index contributed by atoms with van der Waals surface area (Å²) < 4.78 is 13.7. The topological polar surface area (TPSA) is 66.4 Å². The van der Waals surface area contributed by atoms with Crippen molar-refractivity contribution in [2.24, 2.45) is 0 Å². The van der Waals surface area contributed by atoms with Gasteiger partial charge in [0.15, 0.2) is 6.04 Å².